The van der Waals surface area contributed by atoms with Crippen molar-refractivity contribution in [3.63, 3.8) is 0 Å². The van der Waals surface area contributed by atoms with E-state index in [4.69, 9.17) is 4.74 Å². The zero-order chi connectivity index (χ0) is 23.3. The van der Waals surface area contributed by atoms with Gasteiger partial charge in [0.2, 0.25) is 0 Å². The number of nitrogens with one attached hydrogen (secondary N) is 1. The van der Waals surface area contributed by atoms with Crippen LogP contribution in [0.3, 0.4) is 0 Å². The summed E-state index contributed by atoms with van der Waals surface area (Å²) in [5, 5.41) is 9.03. The number of alkyl halides is 3. The Balaban J connectivity index is 1.27. The number of hydrogen-bond donors (Lipinski definition) is 1. The van der Waals surface area contributed by atoms with Gasteiger partial charge in [-0.05, 0) is 48.9 Å². The highest BCUT2D eigenvalue weighted by Crippen LogP contribution is 2.48. The quantitative estimate of drug-likeness (QED) is 0.438. The van der Waals surface area contributed by atoms with Crippen molar-refractivity contribution < 1.29 is 17.9 Å². The third kappa shape index (κ3) is 3.82. The number of benzene rings is 1. The number of ether oxygens (including phenoxy) is 1. The van der Waals surface area contributed by atoms with Crippen LogP contribution in [0.1, 0.15) is 47.9 Å². The third-order valence-electron chi connectivity index (χ3n) is 6.43. The van der Waals surface area contributed by atoms with Gasteiger partial charge in [-0.15, -0.1) is 0 Å². The normalized spacial score (nSPS) is 17.9. The molecule has 34 heavy (non-hydrogen) atoms. The van der Waals surface area contributed by atoms with Crippen LogP contribution in [0.15, 0.2) is 49.1 Å². The minimum atomic E-state index is -4.60. The lowest BCUT2D eigenvalue weighted by molar-refractivity contribution is -0.140. The fourth-order valence-electron chi connectivity index (χ4n) is 4.71. The number of nitrogens with zero attached hydrogens (tertiary/aromatic N) is 5. The number of aromatic amines is 1. The Labute approximate surface area is 193 Å². The predicted molar refractivity (Wildman–Crippen MR) is 117 cm³/mol. The Bertz CT molecular complexity index is 1340. The van der Waals surface area contributed by atoms with Gasteiger partial charge < -0.3 is 9.30 Å². The van der Waals surface area contributed by atoms with E-state index in [0.29, 0.717) is 29.8 Å². The molecule has 1 atom stereocenters. The molecule has 7 nitrogen and oxygen atoms in total. The highest BCUT2D eigenvalue weighted by Gasteiger charge is 2.38. The zero-order valence-corrected chi connectivity index (χ0v) is 18.1. The van der Waals surface area contributed by atoms with Crippen molar-refractivity contribution in [3.05, 3.63) is 65.9 Å². The number of aromatic nitrogens is 6. The van der Waals surface area contributed by atoms with E-state index in [1.807, 2.05) is 16.8 Å². The van der Waals surface area contributed by atoms with Gasteiger partial charge in [-0.3, -0.25) is 4.98 Å². The maximum Gasteiger partial charge on any atom is 0.437 e. The van der Waals surface area contributed by atoms with E-state index in [1.165, 1.54) is 36.2 Å². The number of H-pyrrole nitrogens is 1. The molecule has 1 fully saturated rings. The molecule has 1 aliphatic carbocycles. The van der Waals surface area contributed by atoms with E-state index in [-0.39, 0.29) is 11.3 Å². The van der Waals surface area contributed by atoms with Gasteiger partial charge in [0, 0.05) is 36.0 Å². The molecule has 4 heterocycles. The Morgan fingerprint density at radius 3 is 2.76 bits per heavy atom. The summed E-state index contributed by atoms with van der Waals surface area (Å²) in [5.74, 6) is 1.91. The molecular weight excluding hydrogens is 445 g/mol. The zero-order valence-electron chi connectivity index (χ0n) is 18.1. The van der Waals surface area contributed by atoms with E-state index in [1.54, 1.807) is 12.4 Å². The molecule has 174 valence electrons. The van der Waals surface area contributed by atoms with Crippen LogP contribution < -0.4 is 4.74 Å². The van der Waals surface area contributed by atoms with Gasteiger partial charge in [0.15, 0.2) is 5.69 Å². The van der Waals surface area contributed by atoms with Crippen molar-refractivity contribution in [3.8, 4) is 28.4 Å². The lowest BCUT2D eigenvalue weighted by atomic mass is 9.87. The molecule has 1 aliphatic heterocycles. The Hall–Kier alpha value is -3.69. The number of halogens is 3. The first-order chi connectivity index (χ1) is 16.5. The van der Waals surface area contributed by atoms with Crippen LogP contribution in [0.25, 0.3) is 22.6 Å². The van der Waals surface area contributed by atoms with E-state index in [2.05, 4.69) is 37.5 Å². The minimum absolute atomic E-state index is 0.262. The largest absolute Gasteiger partial charge is 0.493 e. The fraction of sp³-hybridized carbons (Fsp3) is 0.333. The van der Waals surface area contributed by atoms with Crippen molar-refractivity contribution in [2.45, 2.75) is 43.8 Å². The van der Waals surface area contributed by atoms with Gasteiger partial charge in [-0.1, -0.05) is 12.1 Å². The second kappa shape index (κ2) is 7.96. The number of imidazole rings is 1. The lowest BCUT2D eigenvalue weighted by Gasteiger charge is -2.28. The molecule has 0 amide bonds. The molecule has 2 aliphatic rings. The first-order valence-corrected chi connectivity index (χ1v) is 11.2. The maximum absolute atomic E-state index is 13.2. The van der Waals surface area contributed by atoms with Gasteiger partial charge >= 0.3 is 6.18 Å². The van der Waals surface area contributed by atoms with Crippen molar-refractivity contribution >= 4 is 0 Å². The Morgan fingerprint density at radius 1 is 1.06 bits per heavy atom. The molecule has 4 aromatic rings. The Morgan fingerprint density at radius 2 is 1.94 bits per heavy atom. The molecule has 0 saturated heterocycles. The van der Waals surface area contributed by atoms with Gasteiger partial charge in [0.25, 0.3) is 0 Å². The fourth-order valence-corrected chi connectivity index (χ4v) is 4.71. The van der Waals surface area contributed by atoms with Crippen LogP contribution in [0.4, 0.5) is 13.2 Å². The molecule has 0 unspecified atom stereocenters. The molecule has 3 aromatic heterocycles. The molecule has 1 N–H and O–H groups in total. The summed E-state index contributed by atoms with van der Waals surface area (Å²) in [6, 6.07) is 9.36. The summed E-state index contributed by atoms with van der Waals surface area (Å²) in [6.07, 6.45) is 3.85. The molecule has 0 bridgehead atoms. The first kappa shape index (κ1) is 20.9. The van der Waals surface area contributed by atoms with Crippen LogP contribution in [-0.4, -0.2) is 36.6 Å². The topological polar surface area (TPSA) is 81.5 Å². The highest BCUT2D eigenvalue weighted by atomic mass is 19.4. The van der Waals surface area contributed by atoms with E-state index in [9.17, 15) is 13.2 Å². The van der Waals surface area contributed by atoms with E-state index < -0.39 is 11.9 Å². The molecule has 1 saturated carbocycles. The van der Waals surface area contributed by atoms with Crippen LogP contribution in [0, 0.1) is 0 Å². The summed E-state index contributed by atoms with van der Waals surface area (Å²) >= 11 is 0. The van der Waals surface area contributed by atoms with E-state index >= 15 is 0 Å². The standard InChI is InChI=1S/C24H21F3N6O/c25-24(26,27)23-22(30-32-31-23)15-6-8-28-18(10-15)19-12-33(13-29-19)11-16-7-9-34-20-3-1-2-17(21(16)20)14-4-5-14/h1-3,6,8,10,12-14,16H,4-5,7,9,11H2,(H,30,31,32)/t16-/m1/s1. The van der Waals surface area contributed by atoms with Crippen molar-refractivity contribution in [1.29, 1.82) is 0 Å². The summed E-state index contributed by atoms with van der Waals surface area (Å²) in [4.78, 5) is 8.79. The number of pyridine rings is 1. The van der Waals surface area contributed by atoms with Crippen molar-refractivity contribution in [1.82, 2.24) is 29.9 Å². The monoisotopic (exact) mass is 466 g/mol. The van der Waals surface area contributed by atoms with Gasteiger partial charge in [0.1, 0.15) is 17.1 Å². The van der Waals surface area contributed by atoms with Crippen LogP contribution in [0.2, 0.25) is 0 Å². The third-order valence-corrected chi connectivity index (χ3v) is 6.43. The maximum atomic E-state index is 13.2. The average molecular weight is 466 g/mol. The second-order valence-electron chi connectivity index (χ2n) is 8.77. The van der Waals surface area contributed by atoms with Crippen molar-refractivity contribution in [2.75, 3.05) is 6.61 Å². The summed E-state index contributed by atoms with van der Waals surface area (Å²) < 4.78 is 47.7. The minimum Gasteiger partial charge on any atom is -0.493 e. The molecule has 1 aromatic carbocycles. The molecule has 0 spiro atoms. The van der Waals surface area contributed by atoms with Crippen molar-refractivity contribution in [2.24, 2.45) is 0 Å². The summed E-state index contributed by atoms with van der Waals surface area (Å²) in [6.45, 7) is 1.42. The van der Waals surface area contributed by atoms with Gasteiger partial charge in [0.05, 0.1) is 18.6 Å². The summed E-state index contributed by atoms with van der Waals surface area (Å²) in [5.41, 5.74) is 2.71. The van der Waals surface area contributed by atoms with Crippen LogP contribution >= 0.6 is 0 Å². The van der Waals surface area contributed by atoms with Gasteiger partial charge in [-0.2, -0.15) is 28.6 Å². The highest BCUT2D eigenvalue weighted by molar-refractivity contribution is 5.67. The molecule has 6 rings (SSSR count). The first-order valence-electron chi connectivity index (χ1n) is 11.2. The second-order valence-corrected chi connectivity index (χ2v) is 8.77. The average Bonchev–Trinajstić information content (AvgIpc) is 3.35. The van der Waals surface area contributed by atoms with Crippen LogP contribution in [0.5, 0.6) is 5.75 Å². The number of fused-ring (bicyclic) bond motifs is 1. The number of hydrogen-bond acceptors (Lipinski definition) is 5. The predicted octanol–water partition coefficient (Wildman–Crippen LogP) is 5.19. The van der Waals surface area contributed by atoms with Gasteiger partial charge in [-0.25, -0.2) is 4.98 Å². The molecular formula is C24H21F3N6O. The lowest BCUT2D eigenvalue weighted by Crippen LogP contribution is -2.19. The summed E-state index contributed by atoms with van der Waals surface area (Å²) in [7, 11) is 0. The van der Waals surface area contributed by atoms with Crippen LogP contribution in [-0.2, 0) is 12.7 Å². The van der Waals surface area contributed by atoms with E-state index in [0.717, 1.165) is 18.7 Å². The Kier molecular flexibility index (Phi) is 4.89. The number of rotatable bonds is 5. The SMILES string of the molecule is FC(F)(F)c1n[nH]nc1-c1ccnc(-c2cn(C[C@H]3CCOc4cccc(C5CC5)c43)cn2)c1. The smallest absolute Gasteiger partial charge is 0.437 e. The molecule has 0 radical (unpaired) electrons. The molecule has 10 heteroatoms.